The van der Waals surface area contributed by atoms with Crippen molar-refractivity contribution < 1.29 is 9.84 Å². The van der Waals surface area contributed by atoms with Crippen molar-refractivity contribution in [3.05, 3.63) is 53.6 Å². The van der Waals surface area contributed by atoms with Crippen LogP contribution >= 0.6 is 0 Å². The van der Waals surface area contributed by atoms with E-state index < -0.39 is 0 Å². The third kappa shape index (κ3) is 4.15. The molecule has 0 aliphatic carbocycles. The molecule has 0 spiro atoms. The second kappa shape index (κ2) is 7.71. The Kier molecular flexibility index (Phi) is 5.67. The topological polar surface area (TPSA) is 44.7 Å². The largest absolute Gasteiger partial charge is 0.494 e. The van der Waals surface area contributed by atoms with E-state index in [2.05, 4.69) is 34.5 Å². The van der Waals surface area contributed by atoms with Gasteiger partial charge in [0, 0.05) is 37.6 Å². The van der Waals surface area contributed by atoms with Crippen molar-refractivity contribution in [3.63, 3.8) is 0 Å². The number of anilines is 2. The Balaban J connectivity index is 2.01. The average Bonchev–Trinajstić information content (AvgIpc) is 2.54. The van der Waals surface area contributed by atoms with Gasteiger partial charge in [-0.25, -0.2) is 0 Å². The quantitative estimate of drug-likeness (QED) is 0.824. The van der Waals surface area contributed by atoms with Gasteiger partial charge < -0.3 is 20.1 Å². The van der Waals surface area contributed by atoms with Gasteiger partial charge in [-0.15, -0.1) is 0 Å². The van der Waals surface area contributed by atoms with E-state index in [-0.39, 0.29) is 6.61 Å². The minimum atomic E-state index is -0.0254. The maximum atomic E-state index is 9.42. The summed E-state index contributed by atoms with van der Waals surface area (Å²) in [6, 6.07) is 14.2. The Morgan fingerprint density at radius 1 is 1.09 bits per heavy atom. The van der Waals surface area contributed by atoms with Gasteiger partial charge in [0.05, 0.1) is 13.2 Å². The molecule has 4 heteroatoms. The highest BCUT2D eigenvalue weighted by Gasteiger charge is 2.04. The van der Waals surface area contributed by atoms with Crippen LogP contribution < -0.4 is 15.0 Å². The van der Waals surface area contributed by atoms with Gasteiger partial charge in [0.25, 0.3) is 0 Å². The molecule has 2 N–H and O–H groups in total. The summed E-state index contributed by atoms with van der Waals surface area (Å²) in [5.74, 6) is 0.742. The van der Waals surface area contributed by atoms with Crippen molar-refractivity contribution in [2.24, 2.45) is 0 Å². The van der Waals surface area contributed by atoms with Crippen molar-refractivity contribution >= 4 is 11.4 Å². The van der Waals surface area contributed by atoms with E-state index in [0.717, 1.165) is 23.5 Å². The lowest BCUT2D eigenvalue weighted by molar-refractivity contribution is 0.267. The minimum absolute atomic E-state index is 0.0254. The van der Waals surface area contributed by atoms with E-state index in [9.17, 15) is 5.11 Å². The predicted molar refractivity (Wildman–Crippen MR) is 91.6 cm³/mol. The normalized spacial score (nSPS) is 10.4. The molecule has 0 radical (unpaired) electrons. The fraction of sp³-hybridized carbons (Fsp3) is 0.333. The molecule has 0 aromatic heterocycles. The van der Waals surface area contributed by atoms with Crippen LogP contribution in [0.3, 0.4) is 0 Å². The lowest BCUT2D eigenvalue weighted by atomic mass is 10.1. The fourth-order valence-corrected chi connectivity index (χ4v) is 2.23. The van der Waals surface area contributed by atoms with Crippen LogP contribution in [-0.4, -0.2) is 25.8 Å². The van der Waals surface area contributed by atoms with Crippen LogP contribution in [-0.2, 0) is 13.2 Å². The maximum absolute atomic E-state index is 9.42. The number of aliphatic hydroxyl groups is 1. The highest BCUT2D eigenvalue weighted by Crippen LogP contribution is 2.23. The molecular formula is C18H24N2O2. The summed E-state index contributed by atoms with van der Waals surface area (Å²) in [4.78, 5) is 2.08. The number of nitrogens with zero attached hydrogens (tertiary/aromatic N) is 1. The summed E-state index contributed by atoms with van der Waals surface area (Å²) in [7, 11) is 4.06. The summed E-state index contributed by atoms with van der Waals surface area (Å²) < 4.78 is 5.49. The van der Waals surface area contributed by atoms with Gasteiger partial charge in [-0.2, -0.15) is 0 Å². The van der Waals surface area contributed by atoms with E-state index in [1.807, 2.05) is 39.2 Å². The summed E-state index contributed by atoms with van der Waals surface area (Å²) >= 11 is 0. The molecule has 2 aromatic rings. The van der Waals surface area contributed by atoms with E-state index in [1.165, 1.54) is 11.3 Å². The molecule has 0 aliphatic heterocycles. The highest BCUT2D eigenvalue weighted by atomic mass is 16.5. The van der Waals surface area contributed by atoms with E-state index >= 15 is 0 Å². The molecule has 0 heterocycles. The summed E-state index contributed by atoms with van der Waals surface area (Å²) in [6.45, 7) is 3.25. The zero-order chi connectivity index (χ0) is 15.9. The van der Waals surface area contributed by atoms with Crippen LogP contribution in [0.5, 0.6) is 5.75 Å². The van der Waals surface area contributed by atoms with E-state index in [0.29, 0.717) is 6.61 Å². The van der Waals surface area contributed by atoms with Gasteiger partial charge >= 0.3 is 0 Å². The zero-order valence-electron chi connectivity index (χ0n) is 13.5. The standard InChI is InChI=1S/C18H24N2O2/c1-4-22-18-10-7-16(11-15(18)13-21)19-12-14-5-8-17(9-6-14)20(2)3/h5-11,19,21H,4,12-13H2,1-3H3. The van der Waals surface area contributed by atoms with Gasteiger partial charge in [-0.1, -0.05) is 12.1 Å². The predicted octanol–water partition coefficient (Wildman–Crippen LogP) is 3.26. The van der Waals surface area contributed by atoms with Gasteiger partial charge in [-0.05, 0) is 42.8 Å². The molecule has 0 saturated carbocycles. The fourth-order valence-electron chi connectivity index (χ4n) is 2.23. The van der Waals surface area contributed by atoms with Crippen molar-refractivity contribution in [2.45, 2.75) is 20.1 Å². The van der Waals surface area contributed by atoms with Gasteiger partial charge in [0.2, 0.25) is 0 Å². The maximum Gasteiger partial charge on any atom is 0.124 e. The van der Waals surface area contributed by atoms with Crippen LogP contribution in [0.25, 0.3) is 0 Å². The molecule has 4 nitrogen and oxygen atoms in total. The van der Waals surface area contributed by atoms with Crippen LogP contribution in [0.2, 0.25) is 0 Å². The molecule has 2 aromatic carbocycles. The molecule has 0 fully saturated rings. The molecule has 0 amide bonds. The molecular weight excluding hydrogens is 276 g/mol. The monoisotopic (exact) mass is 300 g/mol. The number of nitrogens with one attached hydrogen (secondary N) is 1. The Labute approximate surface area is 132 Å². The first-order valence-electron chi connectivity index (χ1n) is 7.50. The molecule has 0 atom stereocenters. The van der Waals surface area contributed by atoms with Gasteiger partial charge in [0.1, 0.15) is 5.75 Å². The Morgan fingerprint density at radius 2 is 1.82 bits per heavy atom. The minimum Gasteiger partial charge on any atom is -0.494 e. The number of aliphatic hydroxyl groups excluding tert-OH is 1. The molecule has 0 saturated heterocycles. The van der Waals surface area contributed by atoms with E-state index in [4.69, 9.17) is 4.74 Å². The Hall–Kier alpha value is -2.20. The van der Waals surface area contributed by atoms with Crippen molar-refractivity contribution in [1.29, 1.82) is 0 Å². The summed E-state index contributed by atoms with van der Waals surface area (Å²) in [5, 5.41) is 12.8. The lowest BCUT2D eigenvalue weighted by Gasteiger charge is -2.14. The van der Waals surface area contributed by atoms with Crippen LogP contribution in [0.1, 0.15) is 18.1 Å². The van der Waals surface area contributed by atoms with Crippen LogP contribution in [0, 0.1) is 0 Å². The smallest absolute Gasteiger partial charge is 0.124 e. The molecule has 22 heavy (non-hydrogen) atoms. The van der Waals surface area contributed by atoms with Gasteiger partial charge in [0.15, 0.2) is 0 Å². The van der Waals surface area contributed by atoms with Crippen molar-refractivity contribution in [3.8, 4) is 5.75 Å². The first-order chi connectivity index (χ1) is 10.6. The van der Waals surface area contributed by atoms with Crippen LogP contribution in [0.15, 0.2) is 42.5 Å². The second-order valence-electron chi connectivity index (χ2n) is 5.33. The Morgan fingerprint density at radius 3 is 2.41 bits per heavy atom. The van der Waals surface area contributed by atoms with Crippen molar-refractivity contribution in [1.82, 2.24) is 0 Å². The SMILES string of the molecule is CCOc1ccc(NCc2ccc(N(C)C)cc2)cc1CO. The lowest BCUT2D eigenvalue weighted by Crippen LogP contribution is -2.08. The molecule has 0 bridgehead atoms. The molecule has 0 aliphatic rings. The number of hydrogen-bond donors (Lipinski definition) is 2. The number of hydrogen-bond acceptors (Lipinski definition) is 4. The third-order valence-corrected chi connectivity index (χ3v) is 3.48. The molecule has 2 rings (SSSR count). The Bertz CT molecular complexity index is 595. The number of ether oxygens (including phenoxy) is 1. The second-order valence-corrected chi connectivity index (χ2v) is 5.33. The first-order valence-corrected chi connectivity index (χ1v) is 7.50. The summed E-state index contributed by atoms with van der Waals surface area (Å²) in [6.07, 6.45) is 0. The van der Waals surface area contributed by atoms with Gasteiger partial charge in [-0.3, -0.25) is 0 Å². The van der Waals surface area contributed by atoms with E-state index in [1.54, 1.807) is 0 Å². The summed E-state index contributed by atoms with van der Waals surface area (Å²) in [5.41, 5.74) is 4.18. The molecule has 0 unspecified atom stereocenters. The van der Waals surface area contributed by atoms with Crippen LogP contribution in [0.4, 0.5) is 11.4 Å². The first kappa shape index (κ1) is 16.2. The molecule has 118 valence electrons. The average molecular weight is 300 g/mol. The van der Waals surface area contributed by atoms with Crippen molar-refractivity contribution in [2.75, 3.05) is 30.9 Å². The highest BCUT2D eigenvalue weighted by molar-refractivity contribution is 5.52. The third-order valence-electron chi connectivity index (χ3n) is 3.48. The number of rotatable bonds is 7. The number of benzene rings is 2. The zero-order valence-corrected chi connectivity index (χ0v) is 13.5.